The predicted molar refractivity (Wildman–Crippen MR) is 145 cm³/mol. The van der Waals surface area contributed by atoms with Gasteiger partial charge >= 0.3 is 5.97 Å². The molecule has 0 saturated heterocycles. The van der Waals surface area contributed by atoms with Gasteiger partial charge < -0.3 is 19.0 Å². The number of furan rings is 1. The van der Waals surface area contributed by atoms with Crippen LogP contribution in [0.5, 0.6) is 5.75 Å². The maximum Gasteiger partial charge on any atom is 0.338 e. The Bertz CT molecular complexity index is 1630. The van der Waals surface area contributed by atoms with Crippen LogP contribution in [0.15, 0.2) is 88.5 Å². The lowest BCUT2D eigenvalue weighted by Gasteiger charge is -2.27. The number of fused-ring (bicyclic) bond motifs is 1. The van der Waals surface area contributed by atoms with E-state index in [0.29, 0.717) is 34.4 Å². The Morgan fingerprint density at radius 1 is 1.03 bits per heavy atom. The van der Waals surface area contributed by atoms with Gasteiger partial charge in [0.05, 0.1) is 30.9 Å². The van der Waals surface area contributed by atoms with Crippen molar-refractivity contribution in [1.29, 1.82) is 0 Å². The van der Waals surface area contributed by atoms with Crippen LogP contribution in [0.1, 0.15) is 51.4 Å². The molecule has 1 aliphatic rings. The minimum absolute atomic E-state index is 0.0414. The summed E-state index contributed by atoms with van der Waals surface area (Å²) in [4.78, 5) is 41.3. The maximum atomic E-state index is 13.9. The normalized spacial score (nSPS) is 15.2. The molecule has 0 spiro atoms. The highest BCUT2D eigenvalue weighted by atomic mass is 16.5. The lowest BCUT2D eigenvalue weighted by Crippen LogP contribution is -2.31. The second-order valence-electron chi connectivity index (χ2n) is 9.26. The second-order valence-corrected chi connectivity index (χ2v) is 9.26. The highest BCUT2D eigenvalue weighted by Gasteiger charge is 2.45. The number of aliphatic hydroxyl groups is 1. The number of Topliss-reactive ketones (excluding diaryl/α,β-unsaturated/α-hetero) is 1. The van der Waals surface area contributed by atoms with E-state index in [-0.39, 0.29) is 23.5 Å². The molecule has 8 nitrogen and oxygen atoms in total. The van der Waals surface area contributed by atoms with E-state index >= 15 is 0 Å². The monoisotopic (exact) mass is 525 g/mol. The van der Waals surface area contributed by atoms with Crippen LogP contribution in [0.4, 0.5) is 5.69 Å². The molecule has 0 aliphatic carbocycles. The first kappa shape index (κ1) is 25.8. The van der Waals surface area contributed by atoms with Gasteiger partial charge in [-0.05, 0) is 49.2 Å². The van der Waals surface area contributed by atoms with E-state index in [9.17, 15) is 19.5 Å². The summed E-state index contributed by atoms with van der Waals surface area (Å²) in [5.74, 6) is -2.19. The van der Waals surface area contributed by atoms with Crippen LogP contribution in [0.3, 0.4) is 0 Å². The number of rotatable bonds is 8. The Morgan fingerprint density at radius 2 is 1.79 bits per heavy atom. The van der Waals surface area contributed by atoms with Crippen LogP contribution in [0.2, 0.25) is 0 Å². The molecule has 1 unspecified atom stereocenters. The lowest BCUT2D eigenvalue weighted by molar-refractivity contribution is -0.117. The summed E-state index contributed by atoms with van der Waals surface area (Å²) in [7, 11) is 1.50. The van der Waals surface area contributed by atoms with Crippen LogP contribution >= 0.6 is 0 Å². The Kier molecular flexibility index (Phi) is 6.94. The molecule has 5 rings (SSSR count). The zero-order valence-electron chi connectivity index (χ0n) is 21.8. The van der Waals surface area contributed by atoms with E-state index in [2.05, 4.69) is 0 Å². The molecular formula is C31H27NO7. The summed E-state index contributed by atoms with van der Waals surface area (Å²) in [6, 6.07) is 19.6. The van der Waals surface area contributed by atoms with Gasteiger partial charge in [0, 0.05) is 11.1 Å². The largest absolute Gasteiger partial charge is 0.503 e. The number of hydrogen-bond acceptors (Lipinski definition) is 7. The number of esters is 1. The van der Waals surface area contributed by atoms with Gasteiger partial charge in [0.2, 0.25) is 5.78 Å². The van der Waals surface area contributed by atoms with E-state index in [1.54, 1.807) is 48.5 Å². The number of hydrogen-bond donors (Lipinski definition) is 1. The van der Waals surface area contributed by atoms with Crippen LogP contribution in [0.25, 0.3) is 11.0 Å². The topological polar surface area (TPSA) is 106 Å². The lowest BCUT2D eigenvalue weighted by atomic mass is 9.93. The number of aliphatic hydroxyl groups excluding tert-OH is 1. The van der Waals surface area contributed by atoms with Crippen molar-refractivity contribution >= 4 is 34.3 Å². The highest BCUT2D eigenvalue weighted by molar-refractivity contribution is 6.21. The molecule has 39 heavy (non-hydrogen) atoms. The van der Waals surface area contributed by atoms with Crippen molar-refractivity contribution in [3.63, 3.8) is 0 Å². The van der Waals surface area contributed by atoms with Crippen molar-refractivity contribution in [3.05, 3.63) is 107 Å². The smallest absolute Gasteiger partial charge is 0.338 e. The number of ether oxygens (including phenoxy) is 2. The SMILES string of the molecule is CCCOC(=O)c1cccc(N2C(=O)C(O)=C(C(=O)c3cc4cccc(OC)c4o3)C2c2cccc(C)c2)c1. The van der Waals surface area contributed by atoms with E-state index < -0.39 is 29.5 Å². The number of benzene rings is 3. The Hall–Kier alpha value is -4.85. The Morgan fingerprint density at radius 3 is 2.54 bits per heavy atom. The molecule has 8 heteroatoms. The van der Waals surface area contributed by atoms with Gasteiger partial charge in [0.15, 0.2) is 22.9 Å². The summed E-state index contributed by atoms with van der Waals surface area (Å²) in [6.45, 7) is 4.05. The fourth-order valence-electron chi connectivity index (χ4n) is 4.76. The molecule has 0 fully saturated rings. The van der Waals surface area contributed by atoms with E-state index in [0.717, 1.165) is 5.56 Å². The summed E-state index contributed by atoms with van der Waals surface area (Å²) < 4.78 is 16.5. The van der Waals surface area contributed by atoms with E-state index in [4.69, 9.17) is 13.9 Å². The number of methoxy groups -OCH3 is 1. The molecule has 4 aromatic rings. The van der Waals surface area contributed by atoms with Gasteiger partial charge in [0.25, 0.3) is 5.91 Å². The molecule has 0 radical (unpaired) electrons. The number of carbonyl (C=O) groups is 3. The molecular weight excluding hydrogens is 498 g/mol. The Balaban J connectivity index is 1.62. The molecule has 1 atom stereocenters. The van der Waals surface area contributed by atoms with Crippen molar-refractivity contribution < 1.29 is 33.4 Å². The average molecular weight is 526 g/mol. The number of carbonyl (C=O) groups excluding carboxylic acids is 3. The molecule has 0 saturated carbocycles. The van der Waals surface area contributed by atoms with E-state index in [1.165, 1.54) is 18.1 Å². The number of amides is 1. The first-order valence-electron chi connectivity index (χ1n) is 12.6. The van der Waals surface area contributed by atoms with Crippen molar-refractivity contribution in [3.8, 4) is 5.75 Å². The third-order valence-electron chi connectivity index (χ3n) is 6.56. The summed E-state index contributed by atoms with van der Waals surface area (Å²) in [5, 5.41) is 11.7. The van der Waals surface area contributed by atoms with Gasteiger partial charge in [-0.1, -0.05) is 55.0 Å². The summed E-state index contributed by atoms with van der Waals surface area (Å²) >= 11 is 0. The molecule has 3 aromatic carbocycles. The van der Waals surface area contributed by atoms with Crippen LogP contribution in [-0.2, 0) is 9.53 Å². The number of nitrogens with zero attached hydrogens (tertiary/aromatic N) is 1. The number of para-hydroxylation sites is 1. The maximum absolute atomic E-state index is 13.9. The minimum Gasteiger partial charge on any atom is -0.503 e. The third-order valence-corrected chi connectivity index (χ3v) is 6.56. The zero-order valence-corrected chi connectivity index (χ0v) is 21.8. The van der Waals surface area contributed by atoms with Crippen LogP contribution in [0, 0.1) is 6.92 Å². The molecule has 198 valence electrons. The van der Waals surface area contributed by atoms with Crippen LogP contribution < -0.4 is 9.64 Å². The molecule has 1 aromatic heterocycles. The number of anilines is 1. The third kappa shape index (κ3) is 4.65. The summed E-state index contributed by atoms with van der Waals surface area (Å²) in [5.41, 5.74) is 2.36. The highest BCUT2D eigenvalue weighted by Crippen LogP contribution is 2.43. The minimum atomic E-state index is -0.970. The molecule has 0 bridgehead atoms. The molecule has 1 N–H and O–H groups in total. The van der Waals surface area contributed by atoms with E-state index in [1.807, 2.05) is 32.0 Å². The zero-order chi connectivity index (χ0) is 27.7. The molecule has 1 aliphatic heterocycles. The van der Waals surface area contributed by atoms with Gasteiger partial charge in [-0.3, -0.25) is 14.5 Å². The Labute approximate surface area is 225 Å². The quantitative estimate of drug-likeness (QED) is 0.219. The fourth-order valence-corrected chi connectivity index (χ4v) is 4.76. The average Bonchev–Trinajstić information content (AvgIpc) is 3.50. The van der Waals surface area contributed by atoms with Gasteiger partial charge in [-0.2, -0.15) is 0 Å². The predicted octanol–water partition coefficient (Wildman–Crippen LogP) is 6.10. The second kappa shape index (κ2) is 10.5. The summed E-state index contributed by atoms with van der Waals surface area (Å²) in [6.07, 6.45) is 0.669. The standard InChI is InChI=1S/C31H27NO7/c1-4-14-38-31(36)21-11-6-12-22(16-21)32-26(19-9-5-8-18(2)15-19)25(28(34)30(32)35)27(33)24-17-20-10-7-13-23(37-3)29(20)39-24/h5-13,15-17,26,34H,4,14H2,1-3H3. The number of aryl methyl sites for hydroxylation is 1. The van der Waals surface area contributed by atoms with Gasteiger partial charge in [-0.25, -0.2) is 4.79 Å². The number of ketones is 1. The van der Waals surface area contributed by atoms with Crippen molar-refractivity contribution in [1.82, 2.24) is 0 Å². The fraction of sp³-hybridized carbons (Fsp3) is 0.194. The molecule has 1 amide bonds. The molecule has 2 heterocycles. The first-order valence-corrected chi connectivity index (χ1v) is 12.6. The van der Waals surface area contributed by atoms with Crippen molar-refractivity contribution in [2.45, 2.75) is 26.3 Å². The van der Waals surface area contributed by atoms with Crippen LogP contribution in [-0.4, -0.2) is 36.5 Å². The van der Waals surface area contributed by atoms with Crippen molar-refractivity contribution in [2.75, 3.05) is 18.6 Å². The first-order chi connectivity index (χ1) is 18.8. The van der Waals surface area contributed by atoms with Gasteiger partial charge in [-0.15, -0.1) is 0 Å². The van der Waals surface area contributed by atoms with Crippen molar-refractivity contribution in [2.24, 2.45) is 0 Å². The van der Waals surface area contributed by atoms with Gasteiger partial charge in [0.1, 0.15) is 0 Å².